The van der Waals surface area contributed by atoms with Gasteiger partial charge in [-0.05, 0) is 48.9 Å². The van der Waals surface area contributed by atoms with Gasteiger partial charge in [-0.3, -0.25) is 0 Å². The first-order valence-electron chi connectivity index (χ1n) is 6.66. The first-order chi connectivity index (χ1) is 10.6. The Morgan fingerprint density at radius 1 is 1.23 bits per heavy atom. The third-order valence-corrected chi connectivity index (χ3v) is 4.21. The normalized spacial score (nSPS) is 11.5. The number of halogens is 1. The number of nitrogens with zero attached hydrogens (tertiary/aromatic N) is 1. The predicted molar refractivity (Wildman–Crippen MR) is 87.9 cm³/mol. The second-order valence-corrected chi connectivity index (χ2v) is 6.10. The van der Waals surface area contributed by atoms with Crippen molar-refractivity contribution in [1.82, 2.24) is 0 Å². The van der Waals surface area contributed by atoms with Gasteiger partial charge in [0.25, 0.3) is 0 Å². The van der Waals surface area contributed by atoms with Crippen LogP contribution >= 0.6 is 23.4 Å². The maximum atomic E-state index is 11.7. The SMILES string of the molecule is C[C@@H](C#N)OC(=O)c1ccc(CSc2ccc(Cl)cc2)cc1. The number of hydrogen-bond acceptors (Lipinski definition) is 4. The highest BCUT2D eigenvalue weighted by atomic mass is 35.5. The molecule has 2 aromatic rings. The Morgan fingerprint density at radius 3 is 2.45 bits per heavy atom. The van der Waals surface area contributed by atoms with Gasteiger partial charge in [-0.1, -0.05) is 23.7 Å². The molecule has 0 aromatic heterocycles. The van der Waals surface area contributed by atoms with Crippen LogP contribution in [0.3, 0.4) is 0 Å². The van der Waals surface area contributed by atoms with Gasteiger partial charge in [-0.2, -0.15) is 5.26 Å². The molecule has 5 heteroatoms. The van der Waals surface area contributed by atoms with E-state index in [-0.39, 0.29) is 0 Å². The molecule has 0 heterocycles. The molecule has 0 amide bonds. The van der Waals surface area contributed by atoms with E-state index in [1.54, 1.807) is 23.9 Å². The summed E-state index contributed by atoms with van der Waals surface area (Å²) in [6.45, 7) is 1.54. The monoisotopic (exact) mass is 331 g/mol. The van der Waals surface area contributed by atoms with E-state index in [4.69, 9.17) is 21.6 Å². The Morgan fingerprint density at radius 2 is 1.86 bits per heavy atom. The van der Waals surface area contributed by atoms with E-state index in [2.05, 4.69) is 0 Å². The van der Waals surface area contributed by atoms with E-state index in [1.807, 2.05) is 42.5 Å². The van der Waals surface area contributed by atoms with Gasteiger partial charge in [0.05, 0.1) is 5.56 Å². The molecule has 0 radical (unpaired) electrons. The van der Waals surface area contributed by atoms with E-state index in [0.29, 0.717) is 5.56 Å². The summed E-state index contributed by atoms with van der Waals surface area (Å²) in [6, 6.07) is 16.7. The summed E-state index contributed by atoms with van der Waals surface area (Å²) in [4.78, 5) is 12.9. The molecule has 3 nitrogen and oxygen atoms in total. The molecule has 0 aliphatic carbocycles. The van der Waals surface area contributed by atoms with Crippen molar-refractivity contribution >= 4 is 29.3 Å². The number of hydrogen-bond donors (Lipinski definition) is 0. The van der Waals surface area contributed by atoms with Crippen LogP contribution in [0, 0.1) is 11.3 Å². The molecule has 1 atom stereocenters. The maximum Gasteiger partial charge on any atom is 0.339 e. The summed E-state index contributed by atoms with van der Waals surface area (Å²) in [5.74, 6) is 0.317. The summed E-state index contributed by atoms with van der Waals surface area (Å²) < 4.78 is 4.95. The van der Waals surface area contributed by atoms with Crippen LogP contribution in [0.4, 0.5) is 0 Å². The van der Waals surface area contributed by atoms with Crippen LogP contribution in [0.5, 0.6) is 0 Å². The third-order valence-electron chi connectivity index (χ3n) is 2.87. The number of ether oxygens (including phenoxy) is 1. The van der Waals surface area contributed by atoms with Gasteiger partial charge < -0.3 is 4.74 Å². The van der Waals surface area contributed by atoms with Crippen molar-refractivity contribution in [2.75, 3.05) is 0 Å². The number of nitriles is 1. The number of esters is 1. The molecule has 2 rings (SSSR count). The molecule has 0 saturated heterocycles. The Kier molecular flexibility index (Phi) is 5.88. The maximum absolute atomic E-state index is 11.7. The third kappa shape index (κ3) is 4.80. The quantitative estimate of drug-likeness (QED) is 0.588. The van der Waals surface area contributed by atoms with E-state index < -0.39 is 12.1 Å². The minimum absolute atomic E-state index is 0.447. The summed E-state index contributed by atoms with van der Waals surface area (Å²) >= 11 is 7.54. The van der Waals surface area contributed by atoms with Crippen molar-refractivity contribution in [1.29, 1.82) is 5.26 Å². The van der Waals surface area contributed by atoms with Crippen LogP contribution in [-0.4, -0.2) is 12.1 Å². The van der Waals surface area contributed by atoms with Gasteiger partial charge >= 0.3 is 5.97 Å². The van der Waals surface area contributed by atoms with Crippen LogP contribution in [0.15, 0.2) is 53.4 Å². The Bertz CT molecular complexity index is 677. The molecule has 112 valence electrons. The van der Waals surface area contributed by atoms with Crippen molar-refractivity contribution in [3.63, 3.8) is 0 Å². The van der Waals surface area contributed by atoms with E-state index >= 15 is 0 Å². The summed E-state index contributed by atoms with van der Waals surface area (Å²) in [6.07, 6.45) is -0.743. The van der Waals surface area contributed by atoms with Gasteiger partial charge in [0, 0.05) is 15.7 Å². The van der Waals surface area contributed by atoms with Gasteiger partial charge in [-0.15, -0.1) is 11.8 Å². The molecule has 0 bridgehead atoms. The lowest BCUT2D eigenvalue weighted by molar-refractivity contribution is 0.0435. The lowest BCUT2D eigenvalue weighted by Gasteiger charge is -2.07. The van der Waals surface area contributed by atoms with Gasteiger partial charge in [0.2, 0.25) is 0 Å². The van der Waals surface area contributed by atoms with Crippen LogP contribution in [0.2, 0.25) is 5.02 Å². The van der Waals surface area contributed by atoms with Crippen molar-refractivity contribution in [3.05, 3.63) is 64.7 Å². The molecule has 22 heavy (non-hydrogen) atoms. The number of thioether (sulfide) groups is 1. The topological polar surface area (TPSA) is 50.1 Å². The van der Waals surface area contributed by atoms with Crippen molar-refractivity contribution in [3.8, 4) is 6.07 Å². The second-order valence-electron chi connectivity index (χ2n) is 4.62. The fourth-order valence-corrected chi connectivity index (χ4v) is 2.67. The summed E-state index contributed by atoms with van der Waals surface area (Å²) in [5, 5.41) is 9.35. The zero-order valence-electron chi connectivity index (χ0n) is 12.0. The smallest absolute Gasteiger partial charge is 0.339 e. The number of carbonyl (C=O) groups is 1. The largest absolute Gasteiger partial charge is 0.444 e. The van der Waals surface area contributed by atoms with E-state index in [9.17, 15) is 4.79 Å². The lowest BCUT2D eigenvalue weighted by atomic mass is 10.1. The molecule has 0 saturated carbocycles. The van der Waals surface area contributed by atoms with Crippen molar-refractivity contribution < 1.29 is 9.53 Å². The van der Waals surface area contributed by atoms with Gasteiger partial charge in [0.15, 0.2) is 6.10 Å². The first kappa shape index (κ1) is 16.4. The fourth-order valence-electron chi connectivity index (χ4n) is 1.69. The van der Waals surface area contributed by atoms with E-state index in [1.165, 1.54) is 6.92 Å². The molecular formula is C17H14ClNO2S. The number of carbonyl (C=O) groups excluding carboxylic acids is 1. The molecule has 0 fully saturated rings. The second kappa shape index (κ2) is 7.88. The van der Waals surface area contributed by atoms with Gasteiger partial charge in [-0.25, -0.2) is 4.79 Å². The van der Waals surface area contributed by atoms with Crippen LogP contribution in [-0.2, 0) is 10.5 Å². The number of benzene rings is 2. The Hall–Kier alpha value is -1.96. The predicted octanol–water partition coefficient (Wildman–Crippen LogP) is 4.70. The van der Waals surface area contributed by atoms with Gasteiger partial charge in [0.1, 0.15) is 6.07 Å². The zero-order chi connectivity index (χ0) is 15.9. The average molecular weight is 332 g/mol. The first-order valence-corrected chi connectivity index (χ1v) is 8.03. The van der Waals surface area contributed by atoms with Crippen LogP contribution in [0.25, 0.3) is 0 Å². The minimum atomic E-state index is -0.743. The zero-order valence-corrected chi connectivity index (χ0v) is 13.5. The summed E-state index contributed by atoms with van der Waals surface area (Å²) in [5.41, 5.74) is 1.55. The van der Waals surface area contributed by atoms with E-state index in [0.717, 1.165) is 21.2 Å². The minimum Gasteiger partial charge on any atom is -0.444 e. The highest BCUT2D eigenvalue weighted by molar-refractivity contribution is 7.98. The highest BCUT2D eigenvalue weighted by Gasteiger charge is 2.10. The molecule has 0 N–H and O–H groups in total. The molecular weight excluding hydrogens is 318 g/mol. The molecule has 0 unspecified atom stereocenters. The van der Waals surface area contributed by atoms with Crippen LogP contribution in [0.1, 0.15) is 22.8 Å². The van der Waals surface area contributed by atoms with Crippen LogP contribution < -0.4 is 0 Å². The van der Waals surface area contributed by atoms with Crippen molar-refractivity contribution in [2.24, 2.45) is 0 Å². The summed E-state index contributed by atoms with van der Waals surface area (Å²) in [7, 11) is 0. The van der Waals surface area contributed by atoms with Crippen molar-refractivity contribution in [2.45, 2.75) is 23.7 Å². The standard InChI is InChI=1S/C17H14ClNO2S/c1-12(10-19)21-17(20)14-4-2-13(3-5-14)11-22-16-8-6-15(18)7-9-16/h2-9,12H,11H2,1H3/t12-/m0/s1. The molecule has 0 aliphatic rings. The Labute approximate surface area is 138 Å². The highest BCUT2D eigenvalue weighted by Crippen LogP contribution is 2.24. The molecule has 2 aromatic carbocycles. The molecule has 0 spiro atoms. The average Bonchev–Trinajstić information content (AvgIpc) is 2.54. The lowest BCUT2D eigenvalue weighted by Crippen LogP contribution is -2.12. The molecule has 0 aliphatic heterocycles. The number of rotatable bonds is 5. The Balaban J connectivity index is 1.93. The fraction of sp³-hybridized carbons (Fsp3) is 0.176.